The molecule has 0 saturated carbocycles. The molecule has 0 unspecified atom stereocenters. The van der Waals surface area contributed by atoms with E-state index in [-0.39, 0.29) is 5.91 Å². The van der Waals surface area contributed by atoms with Crippen LogP contribution in [-0.2, 0) is 11.2 Å². The number of carbonyl (C=O) groups is 1. The first kappa shape index (κ1) is 19.8. The molecule has 0 aliphatic carbocycles. The third-order valence-corrected chi connectivity index (χ3v) is 5.42. The molecule has 9 heteroatoms. The van der Waals surface area contributed by atoms with Crippen LogP contribution in [-0.4, -0.2) is 31.1 Å². The zero-order valence-corrected chi connectivity index (χ0v) is 17.9. The van der Waals surface area contributed by atoms with Crippen molar-refractivity contribution in [2.24, 2.45) is 0 Å². The van der Waals surface area contributed by atoms with E-state index in [1.807, 2.05) is 24.4 Å². The third-order valence-electron chi connectivity index (χ3n) is 4.43. The van der Waals surface area contributed by atoms with Gasteiger partial charge in [-0.2, -0.15) is 0 Å². The lowest BCUT2D eigenvalue weighted by molar-refractivity contribution is -0.114. The summed E-state index contributed by atoms with van der Waals surface area (Å²) in [5, 5.41) is 13.6. The second kappa shape index (κ2) is 8.11. The van der Waals surface area contributed by atoms with E-state index in [0.717, 1.165) is 45.1 Å². The van der Waals surface area contributed by atoms with Crippen LogP contribution in [0.3, 0.4) is 0 Å². The topological polar surface area (TPSA) is 107 Å². The standard InChI is InChI=1S/C21H20N6O2S/c1-5-18-15(6-14(8-22-18)20-27-26-13(4)29-20)17-9-23-19(25-12(3)28)7-16(17)21-24-11(2)10-30-21/h6-10H,5H2,1-4H3,(H,23,25,28). The molecule has 0 atom stereocenters. The van der Waals surface area contributed by atoms with Crippen molar-refractivity contribution in [3.63, 3.8) is 0 Å². The van der Waals surface area contributed by atoms with Gasteiger partial charge in [-0.25, -0.2) is 9.97 Å². The van der Waals surface area contributed by atoms with Crippen LogP contribution in [0.4, 0.5) is 5.82 Å². The van der Waals surface area contributed by atoms with Gasteiger partial charge in [0.1, 0.15) is 10.8 Å². The van der Waals surface area contributed by atoms with E-state index in [1.54, 1.807) is 30.7 Å². The van der Waals surface area contributed by atoms with Gasteiger partial charge in [-0.15, -0.1) is 21.5 Å². The predicted octanol–water partition coefficient (Wildman–Crippen LogP) is 4.45. The molecule has 30 heavy (non-hydrogen) atoms. The Morgan fingerprint density at radius 2 is 1.93 bits per heavy atom. The Balaban J connectivity index is 1.91. The number of aromatic nitrogens is 5. The van der Waals surface area contributed by atoms with Crippen LogP contribution in [0.2, 0.25) is 0 Å². The highest BCUT2D eigenvalue weighted by Crippen LogP contribution is 2.37. The molecular formula is C21H20N6O2S. The summed E-state index contributed by atoms with van der Waals surface area (Å²) >= 11 is 1.54. The lowest BCUT2D eigenvalue weighted by Crippen LogP contribution is -2.08. The average molecular weight is 420 g/mol. The van der Waals surface area contributed by atoms with Crippen molar-refractivity contribution in [3.8, 4) is 33.2 Å². The molecule has 152 valence electrons. The first-order valence-corrected chi connectivity index (χ1v) is 10.3. The number of carbonyl (C=O) groups excluding carboxylic acids is 1. The smallest absolute Gasteiger partial charge is 0.249 e. The molecule has 4 aromatic rings. The minimum absolute atomic E-state index is 0.179. The van der Waals surface area contributed by atoms with Gasteiger partial charge in [-0.1, -0.05) is 6.92 Å². The summed E-state index contributed by atoms with van der Waals surface area (Å²) in [6, 6.07) is 3.83. The number of aryl methyl sites for hydroxylation is 3. The number of hydrogen-bond donors (Lipinski definition) is 1. The Hall–Kier alpha value is -3.46. The van der Waals surface area contributed by atoms with E-state index < -0.39 is 0 Å². The zero-order valence-electron chi connectivity index (χ0n) is 17.1. The Kier molecular flexibility index (Phi) is 5.37. The molecule has 0 bridgehead atoms. The fourth-order valence-corrected chi connectivity index (χ4v) is 3.94. The van der Waals surface area contributed by atoms with Crippen LogP contribution in [0.5, 0.6) is 0 Å². The number of amides is 1. The third kappa shape index (κ3) is 3.97. The summed E-state index contributed by atoms with van der Waals surface area (Å²) in [6.07, 6.45) is 4.22. The normalized spacial score (nSPS) is 10.9. The van der Waals surface area contributed by atoms with Crippen LogP contribution in [0.1, 0.15) is 31.1 Å². The SMILES string of the molecule is CCc1ncc(-c2nnc(C)o2)cc1-c1cnc(NC(C)=O)cc1-c1nc(C)cs1. The van der Waals surface area contributed by atoms with Gasteiger partial charge in [0.25, 0.3) is 0 Å². The molecule has 0 aliphatic heterocycles. The van der Waals surface area contributed by atoms with Gasteiger partial charge in [0, 0.05) is 59.7 Å². The lowest BCUT2D eigenvalue weighted by atomic mass is 9.98. The number of nitrogens with one attached hydrogen (secondary N) is 1. The number of anilines is 1. The summed E-state index contributed by atoms with van der Waals surface area (Å²) in [5.41, 5.74) is 5.25. The van der Waals surface area contributed by atoms with Crippen LogP contribution in [0.15, 0.2) is 34.3 Å². The van der Waals surface area contributed by atoms with Crippen LogP contribution >= 0.6 is 11.3 Å². The van der Waals surface area contributed by atoms with Gasteiger partial charge in [-0.3, -0.25) is 9.78 Å². The molecule has 0 aromatic carbocycles. The minimum atomic E-state index is -0.179. The first-order valence-electron chi connectivity index (χ1n) is 9.44. The molecular weight excluding hydrogens is 400 g/mol. The van der Waals surface area contributed by atoms with Crippen molar-refractivity contribution >= 4 is 23.1 Å². The fraction of sp³-hybridized carbons (Fsp3) is 0.238. The van der Waals surface area contributed by atoms with Gasteiger partial charge < -0.3 is 9.73 Å². The number of thiazole rings is 1. The number of nitrogens with zero attached hydrogens (tertiary/aromatic N) is 5. The molecule has 4 rings (SSSR count). The van der Waals surface area contributed by atoms with E-state index in [4.69, 9.17) is 4.42 Å². The second-order valence-electron chi connectivity index (χ2n) is 6.79. The largest absolute Gasteiger partial charge is 0.421 e. The summed E-state index contributed by atoms with van der Waals surface area (Å²) in [7, 11) is 0. The average Bonchev–Trinajstić information content (AvgIpc) is 3.35. The van der Waals surface area contributed by atoms with Gasteiger partial charge >= 0.3 is 0 Å². The first-order chi connectivity index (χ1) is 14.4. The van der Waals surface area contributed by atoms with Crippen molar-refractivity contribution in [2.45, 2.75) is 34.1 Å². The van der Waals surface area contributed by atoms with Gasteiger partial charge in [0.15, 0.2) is 0 Å². The molecule has 4 aromatic heterocycles. The van der Waals surface area contributed by atoms with Crippen LogP contribution in [0.25, 0.3) is 33.2 Å². The maximum atomic E-state index is 11.5. The number of rotatable bonds is 5. The molecule has 1 amide bonds. The van der Waals surface area contributed by atoms with Crippen LogP contribution < -0.4 is 5.32 Å². The molecule has 4 heterocycles. The highest BCUT2D eigenvalue weighted by Gasteiger charge is 2.18. The van der Waals surface area contributed by atoms with Crippen molar-refractivity contribution in [1.82, 2.24) is 25.1 Å². The molecule has 0 fully saturated rings. The maximum Gasteiger partial charge on any atom is 0.249 e. The Bertz CT molecular complexity index is 1230. The summed E-state index contributed by atoms with van der Waals surface area (Å²) in [5.74, 6) is 1.20. The van der Waals surface area contributed by atoms with Gasteiger partial charge in [-0.05, 0) is 25.5 Å². The predicted molar refractivity (Wildman–Crippen MR) is 115 cm³/mol. The summed E-state index contributed by atoms with van der Waals surface area (Å²) < 4.78 is 5.58. The van der Waals surface area contributed by atoms with Crippen molar-refractivity contribution in [2.75, 3.05) is 5.32 Å². The highest BCUT2D eigenvalue weighted by atomic mass is 32.1. The Labute approximate surface area is 177 Å². The monoisotopic (exact) mass is 420 g/mol. The molecule has 0 saturated heterocycles. The van der Waals surface area contributed by atoms with E-state index in [1.165, 1.54) is 6.92 Å². The van der Waals surface area contributed by atoms with E-state index in [0.29, 0.717) is 17.6 Å². The van der Waals surface area contributed by atoms with Gasteiger partial charge in [0.05, 0.1) is 5.56 Å². The van der Waals surface area contributed by atoms with E-state index in [2.05, 4.69) is 37.4 Å². The minimum Gasteiger partial charge on any atom is -0.421 e. The summed E-state index contributed by atoms with van der Waals surface area (Å²) in [4.78, 5) is 25.2. The second-order valence-corrected chi connectivity index (χ2v) is 7.65. The molecule has 1 N–H and O–H groups in total. The van der Waals surface area contributed by atoms with Crippen molar-refractivity contribution < 1.29 is 9.21 Å². The number of hydrogen-bond acceptors (Lipinski definition) is 8. The van der Waals surface area contributed by atoms with Crippen molar-refractivity contribution in [1.29, 1.82) is 0 Å². The Morgan fingerprint density at radius 1 is 1.10 bits per heavy atom. The molecule has 0 spiro atoms. The van der Waals surface area contributed by atoms with Crippen LogP contribution in [0, 0.1) is 13.8 Å². The quantitative estimate of drug-likeness (QED) is 0.508. The molecule has 0 radical (unpaired) electrons. The van der Waals surface area contributed by atoms with Gasteiger partial charge in [0.2, 0.25) is 17.7 Å². The van der Waals surface area contributed by atoms with Crippen molar-refractivity contribution in [3.05, 3.63) is 47.2 Å². The fourth-order valence-electron chi connectivity index (χ4n) is 3.11. The maximum absolute atomic E-state index is 11.5. The molecule has 8 nitrogen and oxygen atoms in total. The Morgan fingerprint density at radius 3 is 2.57 bits per heavy atom. The van der Waals surface area contributed by atoms with E-state index in [9.17, 15) is 4.79 Å². The zero-order chi connectivity index (χ0) is 21.3. The van der Waals surface area contributed by atoms with E-state index >= 15 is 0 Å². The number of pyridine rings is 2. The highest BCUT2D eigenvalue weighted by molar-refractivity contribution is 7.13. The summed E-state index contributed by atoms with van der Waals surface area (Å²) in [6.45, 7) is 7.21. The molecule has 0 aliphatic rings. The lowest BCUT2D eigenvalue weighted by Gasteiger charge is -2.13.